The smallest absolute Gasteiger partial charge is 0.315 e. The fourth-order valence-electron chi connectivity index (χ4n) is 1.58. The van der Waals surface area contributed by atoms with Gasteiger partial charge in [0.05, 0.1) is 6.54 Å². The van der Waals surface area contributed by atoms with Gasteiger partial charge in [0.2, 0.25) is 11.7 Å². The predicted octanol–water partition coefficient (Wildman–Crippen LogP) is 2.99. The van der Waals surface area contributed by atoms with E-state index < -0.39 is 0 Å². The first-order chi connectivity index (χ1) is 9.83. The average Bonchev–Trinajstić information content (AvgIpc) is 2.84. The predicted molar refractivity (Wildman–Crippen MR) is 79.9 cm³/mol. The molecule has 0 aliphatic heterocycles. The van der Waals surface area contributed by atoms with Crippen LogP contribution in [0.15, 0.2) is 28.8 Å². The Morgan fingerprint density at radius 1 is 1.29 bits per heavy atom. The minimum atomic E-state index is -0.298. The molecule has 0 aliphatic rings. The van der Waals surface area contributed by atoms with Crippen LogP contribution in [0.4, 0.5) is 4.79 Å². The van der Waals surface area contributed by atoms with Crippen LogP contribution in [-0.4, -0.2) is 21.7 Å². The van der Waals surface area contributed by atoms with Crippen LogP contribution in [-0.2, 0) is 6.54 Å². The first kappa shape index (κ1) is 15.3. The Morgan fingerprint density at radius 3 is 2.57 bits per heavy atom. The molecule has 1 aromatic carbocycles. The average molecular weight is 309 g/mol. The molecule has 0 fully saturated rings. The van der Waals surface area contributed by atoms with E-state index in [0.717, 1.165) is 5.56 Å². The topological polar surface area (TPSA) is 80.0 Å². The summed E-state index contributed by atoms with van der Waals surface area (Å²) < 4.78 is 5.09. The Kier molecular flexibility index (Phi) is 4.47. The first-order valence-corrected chi connectivity index (χ1v) is 6.86. The van der Waals surface area contributed by atoms with Gasteiger partial charge in [-0.05, 0) is 45.0 Å². The van der Waals surface area contributed by atoms with Crippen molar-refractivity contribution < 1.29 is 9.32 Å². The molecule has 0 bridgehead atoms. The third-order valence-electron chi connectivity index (χ3n) is 2.46. The molecular weight excluding hydrogens is 292 g/mol. The number of hydrogen-bond donors (Lipinski definition) is 2. The summed E-state index contributed by atoms with van der Waals surface area (Å²) in [6.07, 6.45) is 0. The summed E-state index contributed by atoms with van der Waals surface area (Å²) >= 11 is 5.82. The number of hydrogen-bond acceptors (Lipinski definition) is 4. The molecule has 1 aromatic heterocycles. The molecule has 6 nitrogen and oxygen atoms in total. The van der Waals surface area contributed by atoms with Crippen LogP contribution in [0.2, 0.25) is 5.02 Å². The Hall–Kier alpha value is -2.08. The first-order valence-electron chi connectivity index (χ1n) is 6.48. The second-order valence-electron chi connectivity index (χ2n) is 5.58. The van der Waals surface area contributed by atoms with E-state index in [1.165, 1.54) is 0 Å². The van der Waals surface area contributed by atoms with Gasteiger partial charge in [-0.25, -0.2) is 4.79 Å². The molecule has 112 valence electrons. The normalized spacial score (nSPS) is 11.2. The van der Waals surface area contributed by atoms with Crippen LogP contribution in [0.1, 0.15) is 26.7 Å². The lowest BCUT2D eigenvalue weighted by Gasteiger charge is -2.20. The fraction of sp³-hybridized carbons (Fsp3) is 0.357. The molecule has 2 rings (SSSR count). The third-order valence-corrected chi connectivity index (χ3v) is 2.71. The van der Waals surface area contributed by atoms with Crippen molar-refractivity contribution in [3.63, 3.8) is 0 Å². The van der Waals surface area contributed by atoms with E-state index in [1.54, 1.807) is 24.3 Å². The maximum absolute atomic E-state index is 11.6. The zero-order valence-corrected chi connectivity index (χ0v) is 12.9. The lowest BCUT2D eigenvalue weighted by Crippen LogP contribution is -2.46. The van der Waals surface area contributed by atoms with Crippen LogP contribution >= 0.6 is 11.6 Å². The molecule has 0 aliphatic carbocycles. The molecule has 0 unspecified atom stereocenters. The summed E-state index contributed by atoms with van der Waals surface area (Å²) in [5.41, 5.74) is 0.501. The van der Waals surface area contributed by atoms with E-state index >= 15 is 0 Å². The standard InChI is InChI=1S/C14H17ClN4O2/c1-14(2,3)18-13(20)16-8-11-17-12(19-21-11)9-4-6-10(15)7-5-9/h4-7H,8H2,1-3H3,(H2,16,18,20). The molecule has 2 N–H and O–H groups in total. The number of amides is 2. The van der Waals surface area contributed by atoms with Crippen molar-refractivity contribution in [2.75, 3.05) is 0 Å². The van der Waals surface area contributed by atoms with Crippen molar-refractivity contribution in [1.82, 2.24) is 20.8 Å². The second-order valence-corrected chi connectivity index (χ2v) is 6.01. The van der Waals surface area contributed by atoms with E-state index in [9.17, 15) is 4.79 Å². The second kappa shape index (κ2) is 6.13. The number of carbonyl (C=O) groups is 1. The highest BCUT2D eigenvalue weighted by atomic mass is 35.5. The van der Waals surface area contributed by atoms with Crippen molar-refractivity contribution in [3.8, 4) is 11.4 Å². The summed E-state index contributed by atoms with van der Waals surface area (Å²) in [4.78, 5) is 15.8. The molecule has 0 atom stereocenters. The Bertz CT molecular complexity index is 617. The lowest BCUT2D eigenvalue weighted by molar-refractivity contribution is 0.229. The molecular formula is C14H17ClN4O2. The van der Waals surface area contributed by atoms with Crippen molar-refractivity contribution in [3.05, 3.63) is 35.2 Å². The number of rotatable bonds is 3. The Balaban J connectivity index is 1.94. The maximum Gasteiger partial charge on any atom is 0.315 e. The summed E-state index contributed by atoms with van der Waals surface area (Å²) in [5, 5.41) is 9.95. The number of halogens is 1. The van der Waals surface area contributed by atoms with Crippen LogP contribution in [0, 0.1) is 0 Å². The van der Waals surface area contributed by atoms with E-state index in [0.29, 0.717) is 16.7 Å². The molecule has 0 spiro atoms. The number of nitrogens with one attached hydrogen (secondary N) is 2. The maximum atomic E-state index is 11.6. The molecule has 2 amide bonds. The number of aromatic nitrogens is 2. The molecule has 2 aromatic rings. The van der Waals surface area contributed by atoms with E-state index in [2.05, 4.69) is 20.8 Å². The van der Waals surface area contributed by atoms with Crippen LogP contribution in [0.5, 0.6) is 0 Å². The van der Waals surface area contributed by atoms with Crippen molar-refractivity contribution in [1.29, 1.82) is 0 Å². The highest BCUT2D eigenvalue weighted by molar-refractivity contribution is 6.30. The van der Waals surface area contributed by atoms with Gasteiger partial charge in [-0.15, -0.1) is 0 Å². The molecule has 0 saturated carbocycles. The van der Waals surface area contributed by atoms with Gasteiger partial charge in [0.15, 0.2) is 0 Å². The Labute approximate surface area is 127 Å². The van der Waals surface area contributed by atoms with Gasteiger partial charge >= 0.3 is 6.03 Å². The minimum absolute atomic E-state index is 0.169. The van der Waals surface area contributed by atoms with Crippen LogP contribution < -0.4 is 10.6 Å². The zero-order valence-electron chi connectivity index (χ0n) is 12.1. The Morgan fingerprint density at radius 2 is 1.95 bits per heavy atom. The molecule has 7 heteroatoms. The SMILES string of the molecule is CC(C)(C)NC(=O)NCc1nc(-c2ccc(Cl)cc2)no1. The summed E-state index contributed by atoms with van der Waals surface area (Å²) in [6.45, 7) is 5.87. The summed E-state index contributed by atoms with van der Waals surface area (Å²) in [5.74, 6) is 0.795. The van der Waals surface area contributed by atoms with Gasteiger partial charge in [-0.3, -0.25) is 0 Å². The lowest BCUT2D eigenvalue weighted by atomic mass is 10.1. The van der Waals surface area contributed by atoms with Gasteiger partial charge in [-0.2, -0.15) is 4.98 Å². The zero-order chi connectivity index (χ0) is 15.5. The van der Waals surface area contributed by atoms with Gasteiger partial charge in [0.25, 0.3) is 0 Å². The van der Waals surface area contributed by atoms with Crippen molar-refractivity contribution in [2.24, 2.45) is 0 Å². The highest BCUT2D eigenvalue weighted by Gasteiger charge is 2.14. The van der Waals surface area contributed by atoms with E-state index in [-0.39, 0.29) is 18.1 Å². The third kappa shape index (κ3) is 4.75. The molecule has 1 heterocycles. The van der Waals surface area contributed by atoms with Gasteiger partial charge in [-0.1, -0.05) is 16.8 Å². The van der Waals surface area contributed by atoms with Crippen LogP contribution in [0.25, 0.3) is 11.4 Å². The van der Waals surface area contributed by atoms with Crippen LogP contribution in [0.3, 0.4) is 0 Å². The molecule has 0 radical (unpaired) electrons. The van der Waals surface area contributed by atoms with E-state index in [1.807, 2.05) is 20.8 Å². The fourth-order valence-corrected chi connectivity index (χ4v) is 1.71. The highest BCUT2D eigenvalue weighted by Crippen LogP contribution is 2.18. The number of carbonyl (C=O) groups excluding carboxylic acids is 1. The molecule has 0 saturated heterocycles. The molecule has 21 heavy (non-hydrogen) atoms. The summed E-state index contributed by atoms with van der Waals surface area (Å²) in [7, 11) is 0. The van der Waals surface area contributed by atoms with Gasteiger partial charge in [0, 0.05) is 16.1 Å². The quantitative estimate of drug-likeness (QED) is 0.913. The number of urea groups is 1. The number of benzene rings is 1. The largest absolute Gasteiger partial charge is 0.337 e. The number of nitrogens with zero attached hydrogens (tertiary/aromatic N) is 2. The minimum Gasteiger partial charge on any atom is -0.337 e. The van der Waals surface area contributed by atoms with Gasteiger partial charge in [0.1, 0.15) is 0 Å². The van der Waals surface area contributed by atoms with E-state index in [4.69, 9.17) is 16.1 Å². The van der Waals surface area contributed by atoms with Crippen molar-refractivity contribution >= 4 is 17.6 Å². The monoisotopic (exact) mass is 308 g/mol. The van der Waals surface area contributed by atoms with Gasteiger partial charge < -0.3 is 15.2 Å². The summed E-state index contributed by atoms with van der Waals surface area (Å²) in [6, 6.07) is 6.82. The van der Waals surface area contributed by atoms with Crippen molar-refractivity contribution in [2.45, 2.75) is 32.9 Å².